The third-order valence-electron chi connectivity index (χ3n) is 6.61. The Morgan fingerprint density at radius 1 is 1.10 bits per heavy atom. The van der Waals surface area contributed by atoms with Gasteiger partial charge in [0.2, 0.25) is 21.8 Å². The van der Waals surface area contributed by atoms with E-state index in [9.17, 15) is 31.2 Å². The highest BCUT2D eigenvalue weighted by Gasteiger charge is 2.35. The van der Waals surface area contributed by atoms with Crippen molar-refractivity contribution in [1.82, 2.24) is 10.2 Å². The number of sulfonamides is 1. The highest BCUT2D eigenvalue weighted by Crippen LogP contribution is 2.36. The van der Waals surface area contributed by atoms with E-state index in [2.05, 4.69) is 21.2 Å². The normalized spacial score (nSPS) is 15.5. The van der Waals surface area contributed by atoms with E-state index >= 15 is 0 Å². The lowest BCUT2D eigenvalue weighted by molar-refractivity contribution is -0.139. The number of nitrogens with zero attached hydrogens (tertiary/aromatic N) is 2. The second-order valence-corrected chi connectivity index (χ2v) is 12.8. The van der Waals surface area contributed by atoms with Crippen LogP contribution in [0.25, 0.3) is 0 Å². The molecule has 214 valence electrons. The topological polar surface area (TPSA) is 86.8 Å². The van der Waals surface area contributed by atoms with Gasteiger partial charge in [0, 0.05) is 17.1 Å². The van der Waals surface area contributed by atoms with Crippen LogP contribution in [0.5, 0.6) is 0 Å². The molecule has 2 aromatic rings. The second-order valence-electron chi connectivity index (χ2n) is 9.60. The summed E-state index contributed by atoms with van der Waals surface area (Å²) in [6.45, 7) is 0.660. The number of carbonyl (C=O) groups excluding carboxylic acids is 2. The molecule has 1 unspecified atom stereocenters. The Hall–Kier alpha value is -2.31. The maximum Gasteiger partial charge on any atom is 0.416 e. The molecule has 1 fully saturated rings. The van der Waals surface area contributed by atoms with E-state index in [1.807, 2.05) is 0 Å². The van der Waals surface area contributed by atoms with Crippen LogP contribution >= 0.6 is 27.5 Å². The number of halogens is 5. The lowest BCUT2D eigenvalue weighted by atomic mass is 9.95. The third kappa shape index (κ3) is 8.59. The van der Waals surface area contributed by atoms with Crippen LogP contribution in [0.3, 0.4) is 0 Å². The summed E-state index contributed by atoms with van der Waals surface area (Å²) >= 11 is 9.45. The predicted molar refractivity (Wildman–Crippen MR) is 148 cm³/mol. The SMILES string of the molecule is CC(C(=O)NC1CCCCC1)N(Cc1ccc(Br)cc1)C(=O)CN(c1cc(C(F)(F)F)ccc1Cl)S(C)(=O)=O. The first-order valence-electron chi connectivity index (χ1n) is 12.4. The molecule has 0 heterocycles. The number of benzene rings is 2. The molecule has 2 aromatic carbocycles. The predicted octanol–water partition coefficient (Wildman–Crippen LogP) is 5.75. The molecule has 0 bridgehead atoms. The number of amides is 2. The second kappa shape index (κ2) is 12.9. The number of anilines is 1. The van der Waals surface area contributed by atoms with E-state index in [-0.39, 0.29) is 17.6 Å². The maximum absolute atomic E-state index is 13.6. The molecule has 1 atom stereocenters. The summed E-state index contributed by atoms with van der Waals surface area (Å²) < 4.78 is 66.9. The van der Waals surface area contributed by atoms with E-state index in [1.54, 1.807) is 24.3 Å². The highest BCUT2D eigenvalue weighted by atomic mass is 79.9. The summed E-state index contributed by atoms with van der Waals surface area (Å²) in [6, 6.07) is 8.26. The molecule has 39 heavy (non-hydrogen) atoms. The number of hydrogen-bond donors (Lipinski definition) is 1. The monoisotopic (exact) mass is 651 g/mol. The van der Waals surface area contributed by atoms with Crippen molar-refractivity contribution in [3.8, 4) is 0 Å². The molecule has 0 spiro atoms. The third-order valence-corrected chi connectivity index (χ3v) is 8.58. The molecule has 3 rings (SSSR count). The molecular weight excluding hydrogens is 623 g/mol. The van der Waals surface area contributed by atoms with Gasteiger partial charge in [-0.2, -0.15) is 13.2 Å². The molecular formula is C26H30BrClF3N3O4S. The van der Waals surface area contributed by atoms with Crippen LogP contribution in [0.1, 0.15) is 50.2 Å². The Labute approximate surface area is 239 Å². The average Bonchev–Trinajstić information content (AvgIpc) is 2.86. The van der Waals surface area contributed by atoms with Crippen molar-refractivity contribution in [2.75, 3.05) is 17.1 Å². The van der Waals surface area contributed by atoms with Gasteiger partial charge < -0.3 is 10.2 Å². The molecule has 13 heteroatoms. The zero-order valence-electron chi connectivity index (χ0n) is 21.5. The molecule has 1 saturated carbocycles. The molecule has 1 aliphatic rings. The van der Waals surface area contributed by atoms with Gasteiger partial charge in [-0.1, -0.05) is 58.9 Å². The van der Waals surface area contributed by atoms with Crippen LogP contribution in [0.2, 0.25) is 5.02 Å². The van der Waals surface area contributed by atoms with Crippen molar-refractivity contribution < 1.29 is 31.2 Å². The van der Waals surface area contributed by atoms with Gasteiger partial charge in [0.05, 0.1) is 22.5 Å². The molecule has 0 radical (unpaired) electrons. The molecule has 0 aliphatic heterocycles. The first kappa shape index (κ1) is 31.2. The van der Waals surface area contributed by atoms with Gasteiger partial charge in [-0.3, -0.25) is 13.9 Å². The Balaban J connectivity index is 1.94. The minimum absolute atomic E-state index is 0.0187. The number of nitrogens with one attached hydrogen (secondary N) is 1. The number of alkyl halides is 3. The minimum atomic E-state index is -4.76. The van der Waals surface area contributed by atoms with Gasteiger partial charge in [0.1, 0.15) is 12.6 Å². The molecule has 0 saturated heterocycles. The van der Waals surface area contributed by atoms with Gasteiger partial charge in [-0.25, -0.2) is 8.42 Å². The average molecular weight is 653 g/mol. The summed E-state index contributed by atoms with van der Waals surface area (Å²) in [7, 11) is -4.25. The van der Waals surface area contributed by atoms with Crippen LogP contribution in [0, 0.1) is 0 Å². The van der Waals surface area contributed by atoms with Crippen LogP contribution in [0.15, 0.2) is 46.9 Å². The fourth-order valence-corrected chi connectivity index (χ4v) is 5.80. The van der Waals surface area contributed by atoms with Crippen LogP contribution in [0.4, 0.5) is 18.9 Å². The summed E-state index contributed by atoms with van der Waals surface area (Å²) in [5, 5.41) is 2.70. The quantitative estimate of drug-likeness (QED) is 0.374. The van der Waals surface area contributed by atoms with Gasteiger partial charge in [0.25, 0.3) is 0 Å². The fraction of sp³-hybridized carbons (Fsp3) is 0.462. The van der Waals surface area contributed by atoms with Crippen LogP contribution < -0.4 is 9.62 Å². The molecule has 1 aliphatic carbocycles. The standard InChI is InChI=1S/C26H30BrClF3N3O4S/c1-17(25(36)32-21-6-4-3-5-7-21)33(15-18-8-11-20(27)12-9-18)24(35)16-34(39(2,37)38)23-14-19(26(29,30)31)10-13-22(23)28/h8-14,17,21H,3-7,15-16H2,1-2H3,(H,32,36). The van der Waals surface area contributed by atoms with Crippen molar-refractivity contribution in [2.45, 2.75) is 63.8 Å². The summed E-state index contributed by atoms with van der Waals surface area (Å²) in [5.74, 6) is -1.17. The smallest absolute Gasteiger partial charge is 0.352 e. The van der Waals surface area contributed by atoms with Gasteiger partial charge in [-0.15, -0.1) is 0 Å². The molecule has 1 N–H and O–H groups in total. The zero-order valence-corrected chi connectivity index (χ0v) is 24.6. The van der Waals surface area contributed by atoms with Crippen molar-refractivity contribution >= 4 is 55.1 Å². The number of hydrogen-bond acceptors (Lipinski definition) is 4. The van der Waals surface area contributed by atoms with Crippen molar-refractivity contribution in [3.63, 3.8) is 0 Å². The van der Waals surface area contributed by atoms with Crippen LogP contribution in [-0.2, 0) is 32.3 Å². The van der Waals surface area contributed by atoms with Crippen molar-refractivity contribution in [2.24, 2.45) is 0 Å². The van der Waals surface area contributed by atoms with Gasteiger partial charge in [-0.05, 0) is 55.7 Å². The Kier molecular flexibility index (Phi) is 10.3. The Bertz CT molecular complexity index is 1290. The van der Waals surface area contributed by atoms with Gasteiger partial charge >= 0.3 is 6.18 Å². The van der Waals surface area contributed by atoms with E-state index in [1.165, 1.54) is 11.8 Å². The van der Waals surface area contributed by atoms with E-state index in [0.717, 1.165) is 55.0 Å². The Morgan fingerprint density at radius 2 is 1.72 bits per heavy atom. The molecule has 0 aromatic heterocycles. The zero-order chi connectivity index (χ0) is 29.0. The van der Waals surface area contributed by atoms with Crippen molar-refractivity contribution in [1.29, 1.82) is 0 Å². The summed E-state index contributed by atoms with van der Waals surface area (Å²) in [6.07, 6.45) is 0.741. The van der Waals surface area contributed by atoms with E-state index < -0.39 is 51.9 Å². The maximum atomic E-state index is 13.6. The van der Waals surface area contributed by atoms with Crippen molar-refractivity contribution in [3.05, 3.63) is 63.1 Å². The Morgan fingerprint density at radius 3 is 2.28 bits per heavy atom. The van der Waals surface area contributed by atoms with Gasteiger partial charge in [0.15, 0.2) is 0 Å². The van der Waals surface area contributed by atoms with E-state index in [4.69, 9.17) is 11.6 Å². The molecule has 7 nitrogen and oxygen atoms in total. The first-order chi connectivity index (χ1) is 18.2. The highest BCUT2D eigenvalue weighted by molar-refractivity contribution is 9.10. The lowest BCUT2D eigenvalue weighted by Crippen LogP contribution is -2.53. The fourth-order valence-electron chi connectivity index (χ4n) is 4.41. The lowest BCUT2D eigenvalue weighted by Gasteiger charge is -2.33. The number of rotatable bonds is 9. The number of carbonyl (C=O) groups is 2. The summed E-state index contributed by atoms with van der Waals surface area (Å²) in [5.41, 5.74) is -0.924. The minimum Gasteiger partial charge on any atom is -0.352 e. The summed E-state index contributed by atoms with van der Waals surface area (Å²) in [4.78, 5) is 28.0. The van der Waals surface area contributed by atoms with Crippen LogP contribution in [-0.4, -0.2) is 50.0 Å². The van der Waals surface area contributed by atoms with E-state index in [0.29, 0.717) is 15.9 Å². The largest absolute Gasteiger partial charge is 0.416 e. The molecule has 2 amide bonds. The first-order valence-corrected chi connectivity index (χ1v) is 15.4.